The van der Waals surface area contributed by atoms with E-state index < -0.39 is 5.60 Å². The molecular formula is C26H23N3O2. The van der Waals surface area contributed by atoms with Gasteiger partial charge in [-0.2, -0.15) is 5.26 Å². The molecule has 5 heteroatoms. The molecule has 4 rings (SSSR count). The second-order valence-corrected chi connectivity index (χ2v) is 7.50. The molecule has 0 aliphatic carbocycles. The lowest BCUT2D eigenvalue weighted by molar-refractivity contribution is -0.117. The number of aliphatic hydroxyl groups is 1. The molecule has 0 aliphatic rings. The molecule has 3 aromatic carbocycles. The molecule has 1 N–H and O–H groups in total. The third kappa shape index (κ3) is 3.74. The van der Waals surface area contributed by atoms with Crippen LogP contribution in [0, 0.1) is 11.3 Å². The SMILES string of the molecule is CCn1c(C(O)(c2ccccc2)c2ccccc2)nc2ccc(CC(=O)CC#N)cc21. The minimum atomic E-state index is -1.44. The molecule has 0 aliphatic heterocycles. The Hall–Kier alpha value is -3.75. The quantitative estimate of drug-likeness (QED) is 0.492. The Morgan fingerprint density at radius 1 is 1.03 bits per heavy atom. The van der Waals surface area contributed by atoms with Crippen LogP contribution in [0.25, 0.3) is 11.0 Å². The van der Waals surface area contributed by atoms with Crippen LogP contribution in [0.4, 0.5) is 0 Å². The molecule has 4 aromatic rings. The van der Waals surface area contributed by atoms with Gasteiger partial charge in [-0.3, -0.25) is 4.79 Å². The van der Waals surface area contributed by atoms with Crippen molar-refractivity contribution < 1.29 is 9.90 Å². The number of aromatic nitrogens is 2. The van der Waals surface area contributed by atoms with Gasteiger partial charge in [-0.25, -0.2) is 4.98 Å². The van der Waals surface area contributed by atoms with Gasteiger partial charge in [0.05, 0.1) is 23.5 Å². The number of Topliss-reactive ketones (excluding diaryl/α,β-unsaturated/α-hetero) is 1. The molecule has 0 saturated carbocycles. The highest BCUT2D eigenvalue weighted by molar-refractivity contribution is 5.85. The Kier molecular flexibility index (Phi) is 5.66. The Morgan fingerprint density at radius 3 is 2.19 bits per heavy atom. The summed E-state index contributed by atoms with van der Waals surface area (Å²) < 4.78 is 1.99. The maximum absolute atomic E-state index is 12.1. The summed E-state index contributed by atoms with van der Waals surface area (Å²) in [5.74, 6) is 0.414. The van der Waals surface area contributed by atoms with E-state index in [1.54, 1.807) is 0 Å². The monoisotopic (exact) mass is 409 g/mol. The lowest BCUT2D eigenvalue weighted by Gasteiger charge is -2.29. The molecule has 5 nitrogen and oxygen atoms in total. The van der Waals surface area contributed by atoms with Crippen molar-refractivity contribution in [2.24, 2.45) is 0 Å². The fraction of sp³-hybridized carbons (Fsp3) is 0.192. The van der Waals surface area contributed by atoms with Gasteiger partial charge in [0.1, 0.15) is 0 Å². The average Bonchev–Trinajstić information content (AvgIpc) is 3.18. The van der Waals surface area contributed by atoms with Gasteiger partial charge >= 0.3 is 0 Å². The molecular weight excluding hydrogens is 386 g/mol. The number of benzene rings is 3. The lowest BCUT2D eigenvalue weighted by atomic mass is 9.85. The van der Waals surface area contributed by atoms with E-state index in [9.17, 15) is 9.90 Å². The van der Waals surface area contributed by atoms with Crippen LogP contribution in [0.3, 0.4) is 0 Å². The average molecular weight is 409 g/mol. The molecule has 0 bridgehead atoms. The summed E-state index contributed by atoms with van der Waals surface area (Å²) in [4.78, 5) is 16.8. The zero-order valence-corrected chi connectivity index (χ0v) is 17.3. The van der Waals surface area contributed by atoms with E-state index in [-0.39, 0.29) is 18.6 Å². The van der Waals surface area contributed by atoms with Crippen LogP contribution in [0.2, 0.25) is 0 Å². The minimum absolute atomic E-state index is 0.0991. The molecule has 0 atom stereocenters. The summed E-state index contributed by atoms with van der Waals surface area (Å²) in [5, 5.41) is 20.9. The van der Waals surface area contributed by atoms with Gasteiger partial charge in [-0.1, -0.05) is 66.7 Å². The predicted molar refractivity (Wildman–Crippen MR) is 119 cm³/mol. The van der Waals surface area contributed by atoms with Gasteiger partial charge in [0, 0.05) is 13.0 Å². The molecule has 1 heterocycles. The van der Waals surface area contributed by atoms with Crippen molar-refractivity contribution in [3.63, 3.8) is 0 Å². The third-order valence-electron chi connectivity index (χ3n) is 5.51. The first-order chi connectivity index (χ1) is 15.1. The molecule has 0 amide bonds. The van der Waals surface area contributed by atoms with E-state index >= 15 is 0 Å². The molecule has 0 spiro atoms. The van der Waals surface area contributed by atoms with Crippen LogP contribution in [0.1, 0.15) is 35.9 Å². The third-order valence-corrected chi connectivity index (χ3v) is 5.51. The first kappa shape index (κ1) is 20.5. The number of carbonyl (C=O) groups excluding carboxylic acids is 1. The first-order valence-electron chi connectivity index (χ1n) is 10.3. The second kappa shape index (κ2) is 8.55. The standard InChI is InChI=1S/C26H23N3O2/c1-2-29-24-18-19(17-22(30)15-16-27)13-14-23(24)28-25(29)26(31,20-9-5-3-6-10-20)21-11-7-4-8-12-21/h3-14,18,31H,2,15,17H2,1H3. The van der Waals surface area contributed by atoms with E-state index in [2.05, 4.69) is 0 Å². The minimum Gasteiger partial charge on any atom is -0.373 e. The fourth-order valence-electron chi connectivity index (χ4n) is 4.04. The number of ketones is 1. The van der Waals surface area contributed by atoms with Crippen LogP contribution in [-0.2, 0) is 23.4 Å². The number of imidazole rings is 1. The zero-order chi connectivity index (χ0) is 21.8. The fourth-order valence-corrected chi connectivity index (χ4v) is 4.04. The number of nitriles is 1. The van der Waals surface area contributed by atoms with E-state index in [1.165, 1.54) is 0 Å². The maximum Gasteiger partial charge on any atom is 0.173 e. The van der Waals surface area contributed by atoms with Crippen molar-refractivity contribution in [2.75, 3.05) is 0 Å². The van der Waals surface area contributed by atoms with Gasteiger partial charge in [0.25, 0.3) is 0 Å². The highest BCUT2D eigenvalue weighted by Gasteiger charge is 2.38. The van der Waals surface area contributed by atoms with Gasteiger partial charge in [0.15, 0.2) is 17.2 Å². The number of aryl methyl sites for hydroxylation is 1. The van der Waals surface area contributed by atoms with E-state index in [0.717, 1.165) is 27.7 Å². The Balaban J connectivity index is 1.92. The smallest absolute Gasteiger partial charge is 0.173 e. The zero-order valence-electron chi connectivity index (χ0n) is 17.3. The Morgan fingerprint density at radius 2 is 1.65 bits per heavy atom. The Bertz CT molecular complexity index is 1220. The van der Waals surface area contributed by atoms with Crippen molar-refractivity contribution in [1.82, 2.24) is 9.55 Å². The highest BCUT2D eigenvalue weighted by Crippen LogP contribution is 2.37. The van der Waals surface area contributed by atoms with Crippen LogP contribution in [-0.4, -0.2) is 20.4 Å². The molecule has 154 valence electrons. The van der Waals surface area contributed by atoms with Crippen LogP contribution >= 0.6 is 0 Å². The lowest BCUT2D eigenvalue weighted by Crippen LogP contribution is -2.32. The topological polar surface area (TPSA) is 78.9 Å². The molecule has 0 fully saturated rings. The predicted octanol–water partition coefficient (Wildman–Crippen LogP) is 4.37. The van der Waals surface area contributed by atoms with Gasteiger partial charge in [-0.15, -0.1) is 0 Å². The van der Waals surface area contributed by atoms with E-state index in [0.29, 0.717) is 12.4 Å². The second-order valence-electron chi connectivity index (χ2n) is 7.50. The van der Waals surface area contributed by atoms with E-state index in [4.69, 9.17) is 10.2 Å². The normalized spacial score (nSPS) is 11.4. The van der Waals surface area contributed by atoms with Crippen molar-refractivity contribution in [3.05, 3.63) is 101 Å². The van der Waals surface area contributed by atoms with Gasteiger partial charge < -0.3 is 9.67 Å². The molecule has 0 radical (unpaired) electrons. The number of nitrogens with zero attached hydrogens (tertiary/aromatic N) is 3. The number of carbonyl (C=O) groups is 1. The van der Waals surface area contributed by atoms with Crippen LogP contribution < -0.4 is 0 Å². The summed E-state index contributed by atoms with van der Waals surface area (Å²) in [6, 6.07) is 26.6. The largest absolute Gasteiger partial charge is 0.373 e. The van der Waals surface area contributed by atoms with Crippen LogP contribution in [0.15, 0.2) is 78.9 Å². The molecule has 0 saturated heterocycles. The number of rotatable bonds is 7. The van der Waals surface area contributed by atoms with E-state index in [1.807, 2.05) is 96.4 Å². The summed E-state index contributed by atoms with van der Waals surface area (Å²) in [6.07, 6.45) is 0.105. The number of hydrogen-bond acceptors (Lipinski definition) is 4. The summed E-state index contributed by atoms with van der Waals surface area (Å²) in [5.41, 5.74) is 2.46. The molecule has 0 unspecified atom stereocenters. The van der Waals surface area contributed by atoms with Crippen LogP contribution in [0.5, 0.6) is 0 Å². The highest BCUT2D eigenvalue weighted by atomic mass is 16.3. The Labute approximate surface area is 181 Å². The van der Waals surface area contributed by atoms with Crippen molar-refractivity contribution >= 4 is 16.8 Å². The maximum atomic E-state index is 12.1. The molecule has 1 aromatic heterocycles. The first-order valence-corrected chi connectivity index (χ1v) is 10.3. The van der Waals surface area contributed by atoms with Crippen molar-refractivity contribution in [3.8, 4) is 6.07 Å². The van der Waals surface area contributed by atoms with Gasteiger partial charge in [0.2, 0.25) is 0 Å². The van der Waals surface area contributed by atoms with Crippen molar-refractivity contribution in [1.29, 1.82) is 5.26 Å². The van der Waals surface area contributed by atoms with Gasteiger partial charge in [-0.05, 0) is 35.7 Å². The molecule has 31 heavy (non-hydrogen) atoms. The summed E-state index contributed by atoms with van der Waals surface area (Å²) in [6.45, 7) is 2.61. The summed E-state index contributed by atoms with van der Waals surface area (Å²) >= 11 is 0. The number of fused-ring (bicyclic) bond motifs is 1. The number of hydrogen-bond donors (Lipinski definition) is 1. The van der Waals surface area contributed by atoms with Crippen molar-refractivity contribution in [2.45, 2.75) is 31.9 Å². The summed E-state index contributed by atoms with van der Waals surface area (Å²) in [7, 11) is 0.